The van der Waals surface area contributed by atoms with Gasteiger partial charge in [-0.25, -0.2) is 0 Å². The van der Waals surface area contributed by atoms with E-state index >= 15 is 0 Å². The molecule has 0 spiro atoms. The fourth-order valence-corrected chi connectivity index (χ4v) is 2.50. The zero-order valence-corrected chi connectivity index (χ0v) is 11.5. The molecule has 0 amide bonds. The van der Waals surface area contributed by atoms with Gasteiger partial charge in [0.15, 0.2) is 0 Å². The molecule has 1 heterocycles. The lowest BCUT2D eigenvalue weighted by Crippen LogP contribution is -2.05. The molecule has 0 aliphatic rings. The normalized spacial score (nSPS) is 10.6. The molecule has 94 valence electrons. The van der Waals surface area contributed by atoms with Crippen LogP contribution in [-0.4, -0.2) is 4.98 Å². The van der Waals surface area contributed by atoms with Crippen LogP contribution in [0.1, 0.15) is 0 Å². The summed E-state index contributed by atoms with van der Waals surface area (Å²) in [5, 5.41) is 0.853. The van der Waals surface area contributed by atoms with Crippen LogP contribution < -0.4 is 10.3 Å². The number of hydrogen-bond acceptors (Lipinski definition) is 2. The highest BCUT2D eigenvalue weighted by molar-refractivity contribution is 9.10. The van der Waals surface area contributed by atoms with Crippen molar-refractivity contribution < 1.29 is 4.74 Å². The molecule has 0 aliphatic heterocycles. The second-order valence-electron chi connectivity index (χ2n) is 4.08. The summed E-state index contributed by atoms with van der Waals surface area (Å²) < 4.78 is 6.68. The number of aromatic nitrogens is 1. The number of fused-ring (bicyclic) bond motifs is 1. The van der Waals surface area contributed by atoms with Crippen LogP contribution >= 0.6 is 15.9 Å². The molecule has 19 heavy (non-hydrogen) atoms. The van der Waals surface area contributed by atoms with Gasteiger partial charge in [-0.05, 0) is 40.2 Å². The van der Waals surface area contributed by atoms with Crippen molar-refractivity contribution >= 4 is 26.8 Å². The summed E-state index contributed by atoms with van der Waals surface area (Å²) in [5.74, 6) is 1.24. The summed E-state index contributed by atoms with van der Waals surface area (Å²) in [7, 11) is 0. The average Bonchev–Trinajstić information content (AvgIpc) is 2.39. The highest BCUT2D eigenvalue weighted by Gasteiger charge is 2.08. The van der Waals surface area contributed by atoms with Crippen LogP contribution in [-0.2, 0) is 0 Å². The Bertz CT molecular complexity index is 781. The minimum atomic E-state index is -0.184. The molecular formula is C15H10BrNO2. The van der Waals surface area contributed by atoms with Gasteiger partial charge < -0.3 is 9.72 Å². The average molecular weight is 316 g/mol. The number of aromatic amines is 1. The van der Waals surface area contributed by atoms with Crippen LogP contribution in [0.25, 0.3) is 10.9 Å². The zero-order valence-electron chi connectivity index (χ0n) is 9.89. The SMILES string of the molecule is O=c1cc(Oc2ccccc2)c2c(Br)cccc2[nH]1. The van der Waals surface area contributed by atoms with Gasteiger partial charge in [0.2, 0.25) is 0 Å². The molecule has 0 aliphatic carbocycles. The molecule has 1 N–H and O–H groups in total. The van der Waals surface area contributed by atoms with Gasteiger partial charge in [0.25, 0.3) is 5.56 Å². The van der Waals surface area contributed by atoms with Gasteiger partial charge in [0.05, 0.1) is 10.9 Å². The second kappa shape index (κ2) is 4.90. The quantitative estimate of drug-likeness (QED) is 0.774. The highest BCUT2D eigenvalue weighted by atomic mass is 79.9. The Hall–Kier alpha value is -2.07. The second-order valence-corrected chi connectivity index (χ2v) is 4.93. The van der Waals surface area contributed by atoms with E-state index in [1.54, 1.807) is 0 Å². The summed E-state index contributed by atoms with van der Waals surface area (Å²) >= 11 is 3.48. The first-order valence-corrected chi connectivity index (χ1v) is 6.58. The van der Waals surface area contributed by atoms with Crippen LogP contribution in [0.2, 0.25) is 0 Å². The van der Waals surface area contributed by atoms with Crippen molar-refractivity contribution in [2.75, 3.05) is 0 Å². The fraction of sp³-hybridized carbons (Fsp3) is 0. The molecular weight excluding hydrogens is 306 g/mol. The highest BCUT2D eigenvalue weighted by Crippen LogP contribution is 2.32. The summed E-state index contributed by atoms with van der Waals surface area (Å²) in [4.78, 5) is 14.4. The standard InChI is InChI=1S/C15H10BrNO2/c16-11-7-4-8-12-15(11)13(9-14(18)17-12)19-10-5-2-1-3-6-10/h1-9H,(H,17,18). The summed E-state index contributed by atoms with van der Waals surface area (Å²) in [6.45, 7) is 0. The third kappa shape index (κ3) is 2.39. The first-order valence-electron chi connectivity index (χ1n) is 5.78. The van der Waals surface area contributed by atoms with Crippen molar-refractivity contribution in [3.05, 3.63) is 69.4 Å². The molecule has 4 heteroatoms. The predicted molar refractivity (Wildman–Crippen MR) is 78.8 cm³/mol. The van der Waals surface area contributed by atoms with E-state index in [-0.39, 0.29) is 5.56 Å². The topological polar surface area (TPSA) is 42.1 Å². The molecule has 1 aromatic heterocycles. The van der Waals surface area contributed by atoms with Crippen molar-refractivity contribution in [1.82, 2.24) is 4.98 Å². The van der Waals surface area contributed by atoms with Crippen LogP contribution in [0.5, 0.6) is 11.5 Å². The predicted octanol–water partition coefficient (Wildman–Crippen LogP) is 4.08. The van der Waals surface area contributed by atoms with Gasteiger partial charge in [0, 0.05) is 10.5 Å². The number of hydrogen-bond donors (Lipinski definition) is 1. The Morgan fingerprint density at radius 1 is 1.00 bits per heavy atom. The number of pyridine rings is 1. The molecule has 0 atom stereocenters. The number of rotatable bonds is 2. The van der Waals surface area contributed by atoms with E-state index in [9.17, 15) is 4.79 Å². The molecule has 0 bridgehead atoms. The van der Waals surface area contributed by atoms with E-state index < -0.39 is 0 Å². The Labute approximate surface area is 118 Å². The van der Waals surface area contributed by atoms with Crippen molar-refractivity contribution in [2.45, 2.75) is 0 Å². The third-order valence-corrected chi connectivity index (χ3v) is 3.41. The lowest BCUT2D eigenvalue weighted by molar-refractivity contribution is 0.487. The number of benzene rings is 2. The van der Waals surface area contributed by atoms with Crippen LogP contribution in [0.4, 0.5) is 0 Å². The van der Waals surface area contributed by atoms with Gasteiger partial charge >= 0.3 is 0 Å². The van der Waals surface area contributed by atoms with Gasteiger partial charge in [0.1, 0.15) is 11.5 Å². The van der Waals surface area contributed by atoms with Crippen molar-refractivity contribution in [2.24, 2.45) is 0 Å². The van der Waals surface area contributed by atoms with Crippen molar-refractivity contribution in [3.63, 3.8) is 0 Å². The number of halogens is 1. The fourth-order valence-electron chi connectivity index (χ4n) is 1.93. The molecule has 0 unspecified atom stereocenters. The Balaban J connectivity index is 2.20. The lowest BCUT2D eigenvalue weighted by atomic mass is 10.2. The van der Waals surface area contributed by atoms with Crippen molar-refractivity contribution in [1.29, 1.82) is 0 Å². The maximum atomic E-state index is 11.7. The maximum Gasteiger partial charge on any atom is 0.252 e. The molecule has 3 aromatic rings. The van der Waals surface area contributed by atoms with Crippen LogP contribution in [0, 0.1) is 0 Å². The number of nitrogens with one attached hydrogen (secondary N) is 1. The third-order valence-electron chi connectivity index (χ3n) is 2.75. The summed E-state index contributed by atoms with van der Waals surface area (Å²) in [6.07, 6.45) is 0. The molecule has 0 saturated heterocycles. The van der Waals surface area contributed by atoms with E-state index in [0.29, 0.717) is 11.5 Å². The first-order chi connectivity index (χ1) is 9.24. The number of ether oxygens (including phenoxy) is 1. The summed E-state index contributed by atoms with van der Waals surface area (Å²) in [6, 6.07) is 16.5. The minimum Gasteiger partial charge on any atom is -0.456 e. The Morgan fingerprint density at radius 2 is 1.79 bits per heavy atom. The van der Waals surface area contributed by atoms with E-state index in [1.807, 2.05) is 48.5 Å². The Morgan fingerprint density at radius 3 is 2.58 bits per heavy atom. The molecule has 0 fully saturated rings. The summed E-state index contributed by atoms with van der Waals surface area (Å²) in [5.41, 5.74) is 0.560. The van der Waals surface area contributed by atoms with Gasteiger partial charge in [-0.15, -0.1) is 0 Å². The zero-order chi connectivity index (χ0) is 13.2. The number of H-pyrrole nitrogens is 1. The van der Waals surface area contributed by atoms with Gasteiger partial charge in [-0.1, -0.05) is 24.3 Å². The van der Waals surface area contributed by atoms with E-state index in [0.717, 1.165) is 15.4 Å². The van der Waals surface area contributed by atoms with Crippen LogP contribution in [0.3, 0.4) is 0 Å². The molecule has 0 saturated carbocycles. The molecule has 2 aromatic carbocycles. The molecule has 0 radical (unpaired) electrons. The van der Waals surface area contributed by atoms with Crippen molar-refractivity contribution in [3.8, 4) is 11.5 Å². The van der Waals surface area contributed by atoms with E-state index in [4.69, 9.17) is 4.74 Å². The largest absolute Gasteiger partial charge is 0.456 e. The van der Waals surface area contributed by atoms with Gasteiger partial charge in [-0.2, -0.15) is 0 Å². The van der Waals surface area contributed by atoms with Crippen LogP contribution in [0.15, 0.2) is 63.9 Å². The van der Waals surface area contributed by atoms with Gasteiger partial charge in [-0.3, -0.25) is 4.79 Å². The minimum absolute atomic E-state index is 0.184. The lowest BCUT2D eigenvalue weighted by Gasteiger charge is -2.09. The smallest absolute Gasteiger partial charge is 0.252 e. The Kier molecular flexibility index (Phi) is 3.09. The molecule has 3 rings (SSSR count). The maximum absolute atomic E-state index is 11.7. The molecule has 3 nitrogen and oxygen atoms in total. The number of para-hydroxylation sites is 1. The first kappa shape index (κ1) is 12.0. The van der Waals surface area contributed by atoms with E-state index in [2.05, 4.69) is 20.9 Å². The van der Waals surface area contributed by atoms with E-state index in [1.165, 1.54) is 6.07 Å². The monoisotopic (exact) mass is 315 g/mol.